The summed E-state index contributed by atoms with van der Waals surface area (Å²) in [6.07, 6.45) is 4.67. The second kappa shape index (κ2) is 2.79. The summed E-state index contributed by atoms with van der Waals surface area (Å²) in [7, 11) is 0. The topological polar surface area (TPSA) is 28.7 Å². The van der Waals surface area contributed by atoms with E-state index in [1.165, 1.54) is 5.56 Å². The van der Waals surface area contributed by atoms with E-state index in [-0.39, 0.29) is 0 Å². The lowest BCUT2D eigenvalue weighted by Crippen LogP contribution is -1.79. The molecule has 0 atom stereocenters. The molecule has 12 heavy (non-hydrogen) atoms. The van der Waals surface area contributed by atoms with Gasteiger partial charge in [0.2, 0.25) is 0 Å². The lowest BCUT2D eigenvalue weighted by molar-refractivity contribution is 1.15. The number of nitrogens with zero attached hydrogens (tertiary/aromatic N) is 1. The minimum absolute atomic E-state index is 0.589. The van der Waals surface area contributed by atoms with Crippen LogP contribution in [0, 0.1) is 0 Å². The molecule has 2 rings (SSSR count). The molecule has 0 aliphatic heterocycles. The highest BCUT2D eigenvalue weighted by atomic mass is 35.5. The Kier molecular flexibility index (Phi) is 1.77. The van der Waals surface area contributed by atoms with Crippen LogP contribution < -0.4 is 0 Å². The van der Waals surface area contributed by atoms with E-state index < -0.39 is 0 Å². The third kappa shape index (κ3) is 0.994. The average molecular weight is 181 g/mol. The molecule has 0 unspecified atom stereocenters. The predicted octanol–water partition coefficient (Wildman–Crippen LogP) is 2.78. The van der Waals surface area contributed by atoms with Gasteiger partial charge in [-0.3, -0.25) is 0 Å². The number of rotatable bonds is 1. The third-order valence-electron chi connectivity index (χ3n) is 2.01. The van der Waals surface area contributed by atoms with E-state index >= 15 is 0 Å². The van der Waals surface area contributed by atoms with Crippen molar-refractivity contribution in [3.05, 3.63) is 29.2 Å². The molecule has 2 nitrogen and oxygen atoms in total. The molecule has 0 saturated carbocycles. The minimum Gasteiger partial charge on any atom is -0.361 e. The molecule has 0 amide bonds. The van der Waals surface area contributed by atoms with Crippen LogP contribution in [0.2, 0.25) is 5.15 Å². The molecule has 0 bridgehead atoms. The number of halogens is 1. The maximum Gasteiger partial charge on any atom is 0.138 e. The number of fused-ring (bicyclic) bond motifs is 1. The minimum atomic E-state index is 0.589. The lowest BCUT2D eigenvalue weighted by atomic mass is 10.2. The van der Waals surface area contributed by atoms with Crippen LogP contribution in [0.25, 0.3) is 10.9 Å². The van der Waals surface area contributed by atoms with Crippen LogP contribution in [-0.4, -0.2) is 9.97 Å². The molecule has 62 valence electrons. The molecule has 0 spiro atoms. The van der Waals surface area contributed by atoms with Crippen molar-refractivity contribution in [2.45, 2.75) is 13.3 Å². The summed E-state index contributed by atoms with van der Waals surface area (Å²) < 4.78 is 0. The Bertz CT molecular complexity index is 406. The molecule has 1 N–H and O–H groups in total. The van der Waals surface area contributed by atoms with E-state index in [4.69, 9.17) is 11.6 Å². The molecule has 0 radical (unpaired) electrons. The molecule has 2 aromatic heterocycles. The summed E-state index contributed by atoms with van der Waals surface area (Å²) >= 11 is 5.95. The van der Waals surface area contributed by atoms with Gasteiger partial charge in [-0.25, -0.2) is 4.98 Å². The second-order valence-corrected chi connectivity index (χ2v) is 3.05. The highest BCUT2D eigenvalue weighted by Gasteiger charge is 2.05. The predicted molar refractivity (Wildman–Crippen MR) is 50.5 cm³/mol. The van der Waals surface area contributed by atoms with E-state index in [1.54, 1.807) is 6.20 Å². The van der Waals surface area contributed by atoms with Crippen molar-refractivity contribution in [2.75, 3.05) is 0 Å². The van der Waals surface area contributed by atoms with E-state index in [0.29, 0.717) is 5.15 Å². The number of pyridine rings is 1. The number of nitrogens with one attached hydrogen (secondary N) is 1. The van der Waals surface area contributed by atoms with Crippen LogP contribution in [0.15, 0.2) is 18.5 Å². The zero-order valence-corrected chi connectivity index (χ0v) is 7.52. The van der Waals surface area contributed by atoms with E-state index in [1.807, 2.05) is 12.3 Å². The van der Waals surface area contributed by atoms with Crippen LogP contribution >= 0.6 is 11.6 Å². The fraction of sp³-hybridized carbons (Fsp3) is 0.222. The highest BCUT2D eigenvalue weighted by Crippen LogP contribution is 2.24. The normalized spacial score (nSPS) is 10.8. The Hall–Kier alpha value is -1.02. The van der Waals surface area contributed by atoms with Crippen LogP contribution in [0.1, 0.15) is 12.5 Å². The molecule has 0 aliphatic rings. The Balaban J connectivity index is 2.83. The second-order valence-electron chi connectivity index (χ2n) is 2.69. The van der Waals surface area contributed by atoms with Crippen molar-refractivity contribution >= 4 is 22.5 Å². The van der Waals surface area contributed by atoms with Gasteiger partial charge in [-0.2, -0.15) is 0 Å². The Morgan fingerprint density at radius 3 is 3.17 bits per heavy atom. The highest BCUT2D eigenvalue weighted by molar-refractivity contribution is 6.34. The summed E-state index contributed by atoms with van der Waals surface area (Å²) in [5, 5.41) is 1.65. The fourth-order valence-corrected chi connectivity index (χ4v) is 1.66. The first-order valence-electron chi connectivity index (χ1n) is 3.93. The van der Waals surface area contributed by atoms with Crippen molar-refractivity contribution < 1.29 is 0 Å². The fourth-order valence-electron chi connectivity index (χ4n) is 1.38. The zero-order chi connectivity index (χ0) is 8.55. The van der Waals surface area contributed by atoms with Crippen LogP contribution in [0.5, 0.6) is 0 Å². The van der Waals surface area contributed by atoms with E-state index in [9.17, 15) is 0 Å². The number of aryl methyl sites for hydroxylation is 1. The summed E-state index contributed by atoms with van der Waals surface area (Å²) in [6, 6.07) is 1.93. The maximum absolute atomic E-state index is 5.95. The zero-order valence-electron chi connectivity index (χ0n) is 6.76. The van der Waals surface area contributed by atoms with Gasteiger partial charge in [-0.1, -0.05) is 18.5 Å². The summed E-state index contributed by atoms with van der Waals surface area (Å²) in [6.45, 7) is 2.10. The van der Waals surface area contributed by atoms with Gasteiger partial charge in [0, 0.05) is 17.8 Å². The molecular weight excluding hydrogens is 172 g/mol. The smallest absolute Gasteiger partial charge is 0.138 e. The number of aromatic nitrogens is 2. The third-order valence-corrected chi connectivity index (χ3v) is 2.30. The summed E-state index contributed by atoms with van der Waals surface area (Å²) in [5.41, 5.74) is 2.29. The van der Waals surface area contributed by atoms with Crippen molar-refractivity contribution in [3.8, 4) is 0 Å². The SMILES string of the molecule is CCc1c[nH]c2ccnc(Cl)c12. The molecule has 2 heterocycles. The van der Waals surface area contributed by atoms with Crippen molar-refractivity contribution in [1.82, 2.24) is 9.97 Å². The van der Waals surface area contributed by atoms with E-state index in [2.05, 4.69) is 16.9 Å². The number of hydrogen-bond donors (Lipinski definition) is 1. The molecule has 0 saturated heterocycles. The van der Waals surface area contributed by atoms with Crippen LogP contribution in [0.4, 0.5) is 0 Å². The Morgan fingerprint density at radius 2 is 2.42 bits per heavy atom. The maximum atomic E-state index is 5.95. The first-order valence-corrected chi connectivity index (χ1v) is 4.31. The standard InChI is InChI=1S/C9H9ClN2/c1-2-6-5-12-7-3-4-11-9(10)8(6)7/h3-5,12H,2H2,1H3. The molecule has 3 heteroatoms. The van der Waals surface area contributed by atoms with Gasteiger partial charge in [-0.05, 0) is 18.1 Å². The van der Waals surface area contributed by atoms with Gasteiger partial charge >= 0.3 is 0 Å². The quantitative estimate of drug-likeness (QED) is 0.672. The van der Waals surface area contributed by atoms with Gasteiger partial charge in [0.1, 0.15) is 5.15 Å². The number of hydrogen-bond acceptors (Lipinski definition) is 1. The van der Waals surface area contributed by atoms with Gasteiger partial charge in [0.25, 0.3) is 0 Å². The largest absolute Gasteiger partial charge is 0.361 e. The van der Waals surface area contributed by atoms with Gasteiger partial charge in [-0.15, -0.1) is 0 Å². The lowest BCUT2D eigenvalue weighted by Gasteiger charge is -1.94. The Labute approximate surface area is 75.6 Å². The molecule has 0 aromatic carbocycles. The molecular formula is C9H9ClN2. The van der Waals surface area contributed by atoms with Gasteiger partial charge < -0.3 is 4.98 Å². The van der Waals surface area contributed by atoms with Crippen LogP contribution in [-0.2, 0) is 6.42 Å². The van der Waals surface area contributed by atoms with Crippen LogP contribution in [0.3, 0.4) is 0 Å². The van der Waals surface area contributed by atoms with E-state index in [0.717, 1.165) is 17.3 Å². The molecule has 0 aliphatic carbocycles. The average Bonchev–Trinajstić information content (AvgIpc) is 2.49. The van der Waals surface area contributed by atoms with Gasteiger partial charge in [0.15, 0.2) is 0 Å². The number of H-pyrrole nitrogens is 1. The molecule has 0 fully saturated rings. The van der Waals surface area contributed by atoms with Gasteiger partial charge in [0.05, 0.1) is 5.52 Å². The first kappa shape index (κ1) is 7.62. The molecule has 2 aromatic rings. The van der Waals surface area contributed by atoms with Crippen molar-refractivity contribution in [3.63, 3.8) is 0 Å². The Morgan fingerprint density at radius 1 is 1.58 bits per heavy atom. The van der Waals surface area contributed by atoms with Crippen molar-refractivity contribution in [2.24, 2.45) is 0 Å². The summed E-state index contributed by atoms with van der Waals surface area (Å²) in [4.78, 5) is 7.19. The van der Waals surface area contributed by atoms with Crippen molar-refractivity contribution in [1.29, 1.82) is 0 Å². The number of aromatic amines is 1. The monoisotopic (exact) mass is 180 g/mol. The first-order chi connectivity index (χ1) is 5.83. The summed E-state index contributed by atoms with van der Waals surface area (Å²) in [5.74, 6) is 0.